The first-order valence-corrected chi connectivity index (χ1v) is 5.08. The molecule has 1 heterocycles. The smallest absolute Gasteiger partial charge is 0.336 e. The van der Waals surface area contributed by atoms with Crippen LogP contribution in [0.5, 0.6) is 0 Å². The Labute approximate surface area is 81.0 Å². The van der Waals surface area contributed by atoms with Crippen molar-refractivity contribution in [2.24, 2.45) is 0 Å². The Hall–Kier alpha value is -0.960. The van der Waals surface area contributed by atoms with Gasteiger partial charge in [0.15, 0.2) is 0 Å². The number of hydrogen-bond donors (Lipinski definition) is 1. The summed E-state index contributed by atoms with van der Waals surface area (Å²) in [4.78, 5) is 12.0. The number of aromatic carboxylic acids is 1. The van der Waals surface area contributed by atoms with Gasteiger partial charge in [0.1, 0.15) is 0 Å². The summed E-state index contributed by atoms with van der Waals surface area (Å²) in [6, 6.07) is 5.49. The molecule has 0 fully saturated rings. The number of hydrogen-bond acceptors (Lipinski definition) is 2. The van der Waals surface area contributed by atoms with Gasteiger partial charge < -0.3 is 5.11 Å². The minimum atomic E-state index is -0.813. The van der Waals surface area contributed by atoms with Crippen molar-refractivity contribution in [3.8, 4) is 0 Å². The van der Waals surface area contributed by atoms with Gasteiger partial charge in [-0.25, -0.2) is 4.79 Å². The lowest BCUT2D eigenvalue weighted by Crippen LogP contribution is -2.02. The van der Waals surface area contributed by atoms with E-state index in [9.17, 15) is 4.79 Å². The van der Waals surface area contributed by atoms with E-state index >= 15 is 0 Å². The second kappa shape index (κ2) is 3.07. The molecule has 0 bridgehead atoms. The fraction of sp³-hybridized carbons (Fsp3) is 0.300. The van der Waals surface area contributed by atoms with Gasteiger partial charge in [-0.2, -0.15) is 0 Å². The van der Waals surface area contributed by atoms with Gasteiger partial charge in [-0.1, -0.05) is 13.0 Å². The summed E-state index contributed by atoms with van der Waals surface area (Å²) < 4.78 is 0. The van der Waals surface area contributed by atoms with Crippen LogP contribution >= 0.6 is 11.8 Å². The summed E-state index contributed by atoms with van der Waals surface area (Å²) in [5.41, 5.74) is 1.47. The average Bonchev–Trinajstić information content (AvgIpc) is 2.43. The number of carboxylic acids is 1. The lowest BCUT2D eigenvalue weighted by atomic mass is 10.0. The molecular weight excluding hydrogens is 184 g/mol. The molecule has 0 radical (unpaired) electrons. The van der Waals surface area contributed by atoms with Crippen molar-refractivity contribution in [1.29, 1.82) is 0 Å². The second-order valence-corrected chi connectivity index (χ2v) is 4.70. The van der Waals surface area contributed by atoms with Crippen LogP contribution < -0.4 is 0 Å². The molecule has 2 rings (SSSR count). The molecule has 2 nitrogen and oxygen atoms in total. The molecular formula is C10H10O2S. The maximum absolute atomic E-state index is 10.9. The van der Waals surface area contributed by atoms with Crippen LogP contribution in [-0.4, -0.2) is 16.3 Å². The number of benzene rings is 1. The number of rotatable bonds is 1. The van der Waals surface area contributed by atoms with Crippen molar-refractivity contribution < 1.29 is 9.90 Å². The monoisotopic (exact) mass is 194 g/mol. The third kappa shape index (κ3) is 1.44. The molecule has 0 aliphatic carbocycles. The van der Waals surface area contributed by atoms with Gasteiger partial charge in [0.05, 0.1) is 5.56 Å². The average molecular weight is 194 g/mol. The Morgan fingerprint density at radius 2 is 2.38 bits per heavy atom. The normalized spacial score (nSPS) is 19.9. The molecule has 1 aromatic rings. The molecule has 0 spiro atoms. The van der Waals surface area contributed by atoms with E-state index in [1.54, 1.807) is 17.8 Å². The topological polar surface area (TPSA) is 37.3 Å². The summed E-state index contributed by atoms with van der Waals surface area (Å²) >= 11 is 1.76. The third-order valence-electron chi connectivity index (χ3n) is 2.18. The van der Waals surface area contributed by atoms with Crippen molar-refractivity contribution in [3.05, 3.63) is 29.3 Å². The molecule has 0 saturated heterocycles. The standard InChI is InChI=1S/C10H10O2S/c1-6-5-8-7(10(11)12)3-2-4-9(8)13-6/h2-4,6H,5H2,1H3,(H,11,12). The first-order chi connectivity index (χ1) is 6.18. The van der Waals surface area contributed by atoms with Gasteiger partial charge in [0.25, 0.3) is 0 Å². The Bertz CT molecular complexity index is 360. The summed E-state index contributed by atoms with van der Waals surface area (Å²) in [5, 5.41) is 9.44. The number of carbonyl (C=O) groups is 1. The molecule has 1 unspecified atom stereocenters. The fourth-order valence-electron chi connectivity index (χ4n) is 1.63. The maximum Gasteiger partial charge on any atom is 0.336 e. The Morgan fingerprint density at radius 1 is 1.62 bits per heavy atom. The van der Waals surface area contributed by atoms with Crippen LogP contribution in [-0.2, 0) is 6.42 Å². The Morgan fingerprint density at radius 3 is 3.08 bits per heavy atom. The van der Waals surface area contributed by atoms with Gasteiger partial charge >= 0.3 is 5.97 Å². The highest BCUT2D eigenvalue weighted by atomic mass is 32.2. The first-order valence-electron chi connectivity index (χ1n) is 4.20. The Balaban J connectivity index is 2.51. The summed E-state index contributed by atoms with van der Waals surface area (Å²) in [5.74, 6) is -0.813. The minimum Gasteiger partial charge on any atom is -0.478 e. The van der Waals surface area contributed by atoms with Gasteiger partial charge in [-0.3, -0.25) is 0 Å². The lowest BCUT2D eigenvalue weighted by Gasteiger charge is -2.01. The van der Waals surface area contributed by atoms with Gasteiger partial charge in [-0.05, 0) is 24.1 Å². The van der Waals surface area contributed by atoms with Gasteiger partial charge in [0.2, 0.25) is 0 Å². The van der Waals surface area contributed by atoms with E-state index in [-0.39, 0.29) is 0 Å². The molecule has 1 N–H and O–H groups in total. The van der Waals surface area contributed by atoms with Crippen LogP contribution in [0.3, 0.4) is 0 Å². The summed E-state index contributed by atoms with van der Waals surface area (Å²) in [6.07, 6.45) is 0.877. The maximum atomic E-state index is 10.9. The van der Waals surface area contributed by atoms with E-state index in [2.05, 4.69) is 6.92 Å². The zero-order valence-electron chi connectivity index (χ0n) is 7.28. The van der Waals surface area contributed by atoms with Crippen molar-refractivity contribution in [2.75, 3.05) is 0 Å². The molecule has 13 heavy (non-hydrogen) atoms. The van der Waals surface area contributed by atoms with Crippen LogP contribution in [0, 0.1) is 0 Å². The number of thioether (sulfide) groups is 1. The van der Waals surface area contributed by atoms with Crippen LogP contribution in [0.4, 0.5) is 0 Å². The van der Waals surface area contributed by atoms with Crippen LogP contribution in [0.1, 0.15) is 22.8 Å². The lowest BCUT2D eigenvalue weighted by molar-refractivity contribution is 0.0695. The molecule has 0 aromatic heterocycles. The van der Waals surface area contributed by atoms with Crippen molar-refractivity contribution in [1.82, 2.24) is 0 Å². The summed E-state index contributed by atoms with van der Waals surface area (Å²) in [7, 11) is 0. The highest BCUT2D eigenvalue weighted by molar-refractivity contribution is 8.00. The quantitative estimate of drug-likeness (QED) is 0.746. The molecule has 3 heteroatoms. The van der Waals surface area contributed by atoms with Gasteiger partial charge in [-0.15, -0.1) is 11.8 Å². The van der Waals surface area contributed by atoms with E-state index in [4.69, 9.17) is 5.11 Å². The zero-order valence-corrected chi connectivity index (χ0v) is 8.10. The summed E-state index contributed by atoms with van der Waals surface area (Å²) in [6.45, 7) is 2.12. The second-order valence-electron chi connectivity index (χ2n) is 3.22. The van der Waals surface area contributed by atoms with Crippen LogP contribution in [0.15, 0.2) is 23.1 Å². The fourth-order valence-corrected chi connectivity index (χ4v) is 2.81. The zero-order chi connectivity index (χ0) is 9.42. The van der Waals surface area contributed by atoms with Crippen molar-refractivity contribution in [2.45, 2.75) is 23.5 Å². The molecule has 1 aliphatic rings. The van der Waals surface area contributed by atoms with Crippen LogP contribution in [0.25, 0.3) is 0 Å². The largest absolute Gasteiger partial charge is 0.478 e. The molecule has 68 valence electrons. The number of fused-ring (bicyclic) bond motifs is 1. The molecule has 0 saturated carbocycles. The predicted octanol–water partition coefficient (Wildman–Crippen LogP) is 2.42. The highest BCUT2D eigenvalue weighted by Crippen LogP contribution is 2.38. The minimum absolute atomic E-state index is 0.467. The number of carboxylic acid groups (broad SMARTS) is 1. The first kappa shape index (κ1) is 8.63. The van der Waals surface area contributed by atoms with Crippen molar-refractivity contribution in [3.63, 3.8) is 0 Å². The molecule has 1 aliphatic heterocycles. The van der Waals surface area contributed by atoms with E-state index in [0.717, 1.165) is 16.9 Å². The SMILES string of the molecule is CC1Cc2c(cccc2C(=O)O)S1. The molecule has 0 amide bonds. The molecule has 1 aromatic carbocycles. The Kier molecular flexibility index (Phi) is 2.04. The highest BCUT2D eigenvalue weighted by Gasteiger charge is 2.23. The third-order valence-corrected chi connectivity index (χ3v) is 3.39. The van der Waals surface area contributed by atoms with E-state index in [1.165, 1.54) is 0 Å². The van der Waals surface area contributed by atoms with E-state index < -0.39 is 5.97 Å². The van der Waals surface area contributed by atoms with E-state index in [0.29, 0.717) is 10.8 Å². The predicted molar refractivity (Wildman–Crippen MR) is 52.4 cm³/mol. The van der Waals surface area contributed by atoms with Crippen molar-refractivity contribution >= 4 is 17.7 Å². The van der Waals surface area contributed by atoms with Crippen LogP contribution in [0.2, 0.25) is 0 Å². The molecule has 1 atom stereocenters. The van der Waals surface area contributed by atoms with Gasteiger partial charge in [0, 0.05) is 10.1 Å². The van der Waals surface area contributed by atoms with E-state index in [1.807, 2.05) is 12.1 Å².